The number of amides is 1. The van der Waals surface area contributed by atoms with Crippen LogP contribution < -0.4 is 5.32 Å². The summed E-state index contributed by atoms with van der Waals surface area (Å²) in [7, 11) is 0. The van der Waals surface area contributed by atoms with Gasteiger partial charge in [-0.1, -0.05) is 66.4 Å². The van der Waals surface area contributed by atoms with E-state index in [4.69, 9.17) is 0 Å². The average Bonchev–Trinajstić information content (AvgIpc) is 3.31. The molecule has 2 aromatic heterocycles. The molecule has 0 unspecified atom stereocenters. The first-order valence-electron chi connectivity index (χ1n) is 10.3. The predicted molar refractivity (Wildman–Crippen MR) is 127 cm³/mol. The minimum absolute atomic E-state index is 0.0450. The molecule has 0 saturated heterocycles. The zero-order chi connectivity index (χ0) is 21.2. The number of para-hydroxylation sites is 1. The minimum atomic E-state index is -0.304. The molecule has 156 valence electrons. The van der Waals surface area contributed by atoms with Crippen LogP contribution in [0.2, 0.25) is 0 Å². The van der Waals surface area contributed by atoms with E-state index in [1.807, 2.05) is 73.0 Å². The van der Waals surface area contributed by atoms with Crippen molar-refractivity contribution in [3.05, 3.63) is 72.1 Å². The fraction of sp³-hybridized carbons (Fsp3) is 0.208. The molecule has 1 N–H and O–H groups in total. The van der Waals surface area contributed by atoms with Crippen molar-refractivity contribution in [2.45, 2.75) is 36.2 Å². The smallest absolute Gasteiger partial charge is 0.237 e. The van der Waals surface area contributed by atoms with Gasteiger partial charge >= 0.3 is 0 Å². The number of rotatable bonds is 7. The standard InChI is InChI=1S/C24H22N4OS2/c1-16(23(29)25-20-11-6-5-10-19(20)17-8-3-2-4-9-17)31-24-27-26-22(21-12-7-15-30-21)28(24)18-13-14-18/h2-12,15-16,18H,13-14H2,1H3,(H,25,29)/t16-/m0/s1. The summed E-state index contributed by atoms with van der Waals surface area (Å²) in [6.45, 7) is 1.92. The van der Waals surface area contributed by atoms with Crippen molar-refractivity contribution in [3.8, 4) is 21.8 Å². The van der Waals surface area contributed by atoms with Crippen LogP contribution in [-0.4, -0.2) is 25.9 Å². The minimum Gasteiger partial charge on any atom is -0.325 e. The fourth-order valence-electron chi connectivity index (χ4n) is 3.50. The van der Waals surface area contributed by atoms with Gasteiger partial charge in [0.05, 0.1) is 10.1 Å². The molecule has 0 radical (unpaired) electrons. The van der Waals surface area contributed by atoms with Crippen molar-refractivity contribution in [1.29, 1.82) is 0 Å². The largest absolute Gasteiger partial charge is 0.325 e. The Labute approximate surface area is 189 Å². The van der Waals surface area contributed by atoms with E-state index >= 15 is 0 Å². The first kappa shape index (κ1) is 20.0. The van der Waals surface area contributed by atoms with Crippen molar-refractivity contribution < 1.29 is 4.79 Å². The molecule has 1 fully saturated rings. The van der Waals surface area contributed by atoms with Crippen molar-refractivity contribution in [1.82, 2.24) is 14.8 Å². The number of hydrogen-bond acceptors (Lipinski definition) is 5. The molecule has 1 amide bonds. The Balaban J connectivity index is 1.35. The molecule has 1 aliphatic carbocycles. The number of thiophene rings is 1. The SMILES string of the molecule is C[C@H](Sc1nnc(-c2cccs2)n1C1CC1)C(=O)Nc1ccccc1-c1ccccc1. The van der Waals surface area contributed by atoms with Gasteiger partial charge in [-0.15, -0.1) is 21.5 Å². The molecule has 0 aliphatic heterocycles. The van der Waals surface area contributed by atoms with Gasteiger partial charge in [0.15, 0.2) is 11.0 Å². The van der Waals surface area contributed by atoms with Gasteiger partial charge in [-0.3, -0.25) is 9.36 Å². The van der Waals surface area contributed by atoms with Crippen LogP contribution in [0, 0.1) is 0 Å². The number of nitrogens with zero attached hydrogens (tertiary/aromatic N) is 3. The third kappa shape index (κ3) is 4.29. The molecule has 0 bridgehead atoms. The molecule has 7 heteroatoms. The molecule has 2 aromatic carbocycles. The first-order chi connectivity index (χ1) is 15.2. The topological polar surface area (TPSA) is 59.8 Å². The average molecular weight is 447 g/mol. The Bertz CT molecular complexity index is 1180. The van der Waals surface area contributed by atoms with Gasteiger partial charge in [0.25, 0.3) is 0 Å². The Hall–Kier alpha value is -2.90. The normalized spacial score (nSPS) is 14.4. The van der Waals surface area contributed by atoms with Gasteiger partial charge in [-0.05, 0) is 42.8 Å². The van der Waals surface area contributed by atoms with E-state index in [0.717, 1.165) is 45.5 Å². The summed E-state index contributed by atoms with van der Waals surface area (Å²) < 4.78 is 2.21. The molecule has 0 spiro atoms. The van der Waals surface area contributed by atoms with E-state index in [9.17, 15) is 4.79 Å². The van der Waals surface area contributed by atoms with Gasteiger partial charge in [-0.2, -0.15) is 0 Å². The number of aromatic nitrogens is 3. The van der Waals surface area contributed by atoms with Crippen LogP contribution in [0.25, 0.3) is 21.8 Å². The van der Waals surface area contributed by atoms with Crippen molar-refractivity contribution >= 4 is 34.7 Å². The summed E-state index contributed by atoms with van der Waals surface area (Å²) in [6.07, 6.45) is 2.27. The van der Waals surface area contributed by atoms with Crippen molar-refractivity contribution in [2.24, 2.45) is 0 Å². The number of hydrogen-bond donors (Lipinski definition) is 1. The molecule has 5 rings (SSSR count). The fourth-order valence-corrected chi connectivity index (χ4v) is 5.13. The van der Waals surface area contributed by atoms with Gasteiger partial charge in [0, 0.05) is 17.3 Å². The molecule has 5 nitrogen and oxygen atoms in total. The second kappa shape index (κ2) is 8.69. The lowest BCUT2D eigenvalue weighted by Gasteiger charge is -2.15. The first-order valence-corrected chi connectivity index (χ1v) is 12.1. The number of anilines is 1. The molecule has 1 atom stereocenters. The van der Waals surface area contributed by atoms with Crippen LogP contribution in [-0.2, 0) is 4.79 Å². The van der Waals surface area contributed by atoms with E-state index in [1.165, 1.54) is 11.8 Å². The van der Waals surface area contributed by atoms with Crippen molar-refractivity contribution in [2.75, 3.05) is 5.32 Å². The van der Waals surface area contributed by atoms with Gasteiger partial charge in [0.2, 0.25) is 5.91 Å². The highest BCUT2D eigenvalue weighted by Crippen LogP contribution is 2.42. The van der Waals surface area contributed by atoms with Crippen LogP contribution in [0.4, 0.5) is 5.69 Å². The predicted octanol–water partition coefficient (Wildman–Crippen LogP) is 6.13. The van der Waals surface area contributed by atoms with E-state index in [0.29, 0.717) is 6.04 Å². The third-order valence-electron chi connectivity index (χ3n) is 5.24. The molecular formula is C24H22N4OS2. The monoisotopic (exact) mass is 446 g/mol. The van der Waals surface area contributed by atoms with E-state index in [2.05, 4.69) is 26.1 Å². The highest BCUT2D eigenvalue weighted by molar-refractivity contribution is 8.00. The number of carbonyl (C=O) groups is 1. The highest BCUT2D eigenvalue weighted by atomic mass is 32.2. The number of carbonyl (C=O) groups excluding carboxylic acids is 1. The summed E-state index contributed by atoms with van der Waals surface area (Å²) in [5, 5.41) is 14.5. The van der Waals surface area contributed by atoms with Crippen LogP contribution in [0.3, 0.4) is 0 Å². The quantitative estimate of drug-likeness (QED) is 0.347. The van der Waals surface area contributed by atoms with E-state index < -0.39 is 0 Å². The Morgan fingerprint density at radius 2 is 1.84 bits per heavy atom. The maximum Gasteiger partial charge on any atom is 0.237 e. The summed E-state index contributed by atoms with van der Waals surface area (Å²) in [5.74, 6) is 0.860. The van der Waals surface area contributed by atoms with Crippen LogP contribution in [0.1, 0.15) is 25.8 Å². The maximum atomic E-state index is 13.0. The van der Waals surface area contributed by atoms with Gasteiger partial charge < -0.3 is 5.32 Å². The lowest BCUT2D eigenvalue weighted by atomic mass is 10.0. The maximum absolute atomic E-state index is 13.0. The highest BCUT2D eigenvalue weighted by Gasteiger charge is 2.31. The van der Waals surface area contributed by atoms with E-state index in [-0.39, 0.29) is 11.2 Å². The Morgan fingerprint density at radius 3 is 2.58 bits per heavy atom. The Morgan fingerprint density at radius 1 is 1.06 bits per heavy atom. The molecule has 4 aromatic rings. The summed E-state index contributed by atoms with van der Waals surface area (Å²) in [4.78, 5) is 14.2. The molecular weight excluding hydrogens is 424 g/mol. The second-order valence-corrected chi connectivity index (χ2v) is 9.80. The third-order valence-corrected chi connectivity index (χ3v) is 7.16. The molecule has 1 aliphatic rings. The summed E-state index contributed by atoms with van der Waals surface area (Å²) in [6, 6.07) is 22.5. The van der Waals surface area contributed by atoms with Crippen LogP contribution in [0.15, 0.2) is 77.3 Å². The lowest BCUT2D eigenvalue weighted by molar-refractivity contribution is -0.115. The summed E-state index contributed by atoms with van der Waals surface area (Å²) >= 11 is 3.13. The van der Waals surface area contributed by atoms with Gasteiger partial charge in [-0.25, -0.2) is 0 Å². The number of benzene rings is 2. The zero-order valence-electron chi connectivity index (χ0n) is 17.1. The van der Waals surface area contributed by atoms with Crippen LogP contribution >= 0.6 is 23.1 Å². The van der Waals surface area contributed by atoms with Gasteiger partial charge in [0.1, 0.15) is 0 Å². The lowest BCUT2D eigenvalue weighted by Crippen LogP contribution is -2.23. The van der Waals surface area contributed by atoms with E-state index in [1.54, 1.807) is 11.3 Å². The Kier molecular flexibility index (Phi) is 5.61. The second-order valence-electron chi connectivity index (χ2n) is 7.55. The van der Waals surface area contributed by atoms with Crippen molar-refractivity contribution in [3.63, 3.8) is 0 Å². The zero-order valence-corrected chi connectivity index (χ0v) is 18.7. The number of nitrogens with one attached hydrogen (secondary N) is 1. The molecule has 2 heterocycles. The number of thioether (sulfide) groups is 1. The van der Waals surface area contributed by atoms with Crippen LogP contribution in [0.5, 0.6) is 0 Å². The molecule has 1 saturated carbocycles. The molecule has 31 heavy (non-hydrogen) atoms. The summed E-state index contributed by atoms with van der Waals surface area (Å²) in [5.41, 5.74) is 2.90.